The Morgan fingerprint density at radius 1 is 1.08 bits per heavy atom. The summed E-state index contributed by atoms with van der Waals surface area (Å²) in [5, 5.41) is 0. The van der Waals surface area contributed by atoms with Gasteiger partial charge in [0.05, 0.1) is 0 Å². The molecule has 132 valence electrons. The molecule has 4 nitrogen and oxygen atoms in total. The Hall–Kier alpha value is -2.62. The summed E-state index contributed by atoms with van der Waals surface area (Å²) in [5.74, 6) is 0.513. The number of Topliss-reactive ketones (excluding diaryl/α,β-unsaturated/α-hetero) is 1. The van der Waals surface area contributed by atoms with Crippen LogP contribution in [0.4, 0.5) is 0 Å². The Bertz CT molecular complexity index is 773. The van der Waals surface area contributed by atoms with E-state index >= 15 is 0 Å². The highest BCUT2D eigenvalue weighted by Crippen LogP contribution is 2.22. The normalized spacial score (nSPS) is 13.0. The van der Waals surface area contributed by atoms with Gasteiger partial charge in [-0.2, -0.15) is 0 Å². The fourth-order valence-corrected chi connectivity index (χ4v) is 2.33. The van der Waals surface area contributed by atoms with Crippen LogP contribution in [-0.4, -0.2) is 17.9 Å². The van der Waals surface area contributed by atoms with Crippen molar-refractivity contribution in [3.05, 3.63) is 65.1 Å². The van der Waals surface area contributed by atoms with Gasteiger partial charge in [0.1, 0.15) is 11.5 Å². The third-order valence-electron chi connectivity index (χ3n) is 3.84. The maximum absolute atomic E-state index is 12.4. The smallest absolute Gasteiger partial charge is 0.331 e. The molecule has 1 aromatic carbocycles. The summed E-state index contributed by atoms with van der Waals surface area (Å²) in [6, 6.07) is 11.0. The molecule has 0 aliphatic heterocycles. The second kappa shape index (κ2) is 7.51. The molecule has 0 radical (unpaired) electrons. The number of rotatable bonds is 5. The van der Waals surface area contributed by atoms with Gasteiger partial charge in [0.25, 0.3) is 0 Å². The molecule has 0 aliphatic carbocycles. The van der Waals surface area contributed by atoms with Crippen molar-refractivity contribution in [3.8, 4) is 0 Å². The zero-order valence-corrected chi connectivity index (χ0v) is 15.3. The highest BCUT2D eigenvalue weighted by atomic mass is 16.5. The topological polar surface area (TPSA) is 56.5 Å². The van der Waals surface area contributed by atoms with E-state index in [1.54, 1.807) is 31.2 Å². The molecule has 1 heterocycles. The summed E-state index contributed by atoms with van der Waals surface area (Å²) in [5.41, 5.74) is 1.69. The second-order valence-electron chi connectivity index (χ2n) is 7.05. The molecule has 2 aromatic rings. The van der Waals surface area contributed by atoms with E-state index in [-0.39, 0.29) is 11.2 Å². The van der Waals surface area contributed by atoms with Gasteiger partial charge in [-0.1, -0.05) is 45.0 Å². The minimum atomic E-state index is -0.851. The Balaban J connectivity index is 1.97. The van der Waals surface area contributed by atoms with Crippen molar-refractivity contribution < 1.29 is 18.7 Å². The van der Waals surface area contributed by atoms with Crippen LogP contribution in [0.2, 0.25) is 0 Å². The molecule has 1 aromatic heterocycles. The molecule has 4 heteroatoms. The van der Waals surface area contributed by atoms with Gasteiger partial charge in [0.2, 0.25) is 5.78 Å². The van der Waals surface area contributed by atoms with Gasteiger partial charge in [-0.25, -0.2) is 4.79 Å². The van der Waals surface area contributed by atoms with E-state index in [0.29, 0.717) is 11.3 Å². The Morgan fingerprint density at radius 3 is 2.24 bits per heavy atom. The molecule has 0 amide bonds. The lowest BCUT2D eigenvalue weighted by molar-refractivity contribution is -0.140. The average molecular weight is 340 g/mol. The number of esters is 1. The minimum Gasteiger partial charge on any atom is -0.462 e. The van der Waals surface area contributed by atoms with Crippen molar-refractivity contribution in [2.45, 2.75) is 46.1 Å². The minimum absolute atomic E-state index is 0.0225. The van der Waals surface area contributed by atoms with E-state index in [4.69, 9.17) is 9.15 Å². The van der Waals surface area contributed by atoms with Crippen molar-refractivity contribution in [3.63, 3.8) is 0 Å². The molecule has 0 aliphatic rings. The summed E-state index contributed by atoms with van der Waals surface area (Å²) in [7, 11) is 0. The maximum atomic E-state index is 12.4. The molecule has 0 spiro atoms. The van der Waals surface area contributed by atoms with Gasteiger partial charge in [-0.15, -0.1) is 0 Å². The van der Waals surface area contributed by atoms with Crippen molar-refractivity contribution in [1.29, 1.82) is 0 Å². The van der Waals surface area contributed by atoms with Gasteiger partial charge in [-0.3, -0.25) is 4.79 Å². The highest BCUT2D eigenvalue weighted by molar-refractivity contribution is 6.01. The first-order chi connectivity index (χ1) is 11.7. The summed E-state index contributed by atoms with van der Waals surface area (Å²) >= 11 is 0. The van der Waals surface area contributed by atoms with Crippen molar-refractivity contribution in [2.24, 2.45) is 0 Å². The quantitative estimate of drug-likeness (QED) is 0.449. The van der Waals surface area contributed by atoms with Crippen molar-refractivity contribution in [1.82, 2.24) is 0 Å². The number of benzene rings is 1. The zero-order chi connectivity index (χ0) is 18.6. The van der Waals surface area contributed by atoms with Gasteiger partial charge in [0, 0.05) is 11.6 Å². The molecule has 25 heavy (non-hydrogen) atoms. The molecule has 0 saturated heterocycles. The third kappa shape index (κ3) is 5.18. The van der Waals surface area contributed by atoms with Crippen LogP contribution in [0.25, 0.3) is 6.08 Å². The zero-order valence-electron chi connectivity index (χ0n) is 15.3. The fourth-order valence-electron chi connectivity index (χ4n) is 2.33. The molecule has 0 unspecified atom stereocenters. The number of ketones is 1. The van der Waals surface area contributed by atoms with Crippen LogP contribution in [0.1, 0.15) is 55.1 Å². The van der Waals surface area contributed by atoms with Crippen LogP contribution in [0.3, 0.4) is 0 Å². The standard InChI is InChI=1S/C21H24O4/c1-14-6-11-18(24-14)12-13-19(22)25-15(2)20(23)16-7-9-17(10-8-16)21(3,4)5/h6-13,15H,1-5H3/b13-12+/t15-/m0/s1. The highest BCUT2D eigenvalue weighted by Gasteiger charge is 2.20. The van der Waals surface area contributed by atoms with E-state index in [9.17, 15) is 9.59 Å². The molecule has 0 fully saturated rings. The van der Waals surface area contributed by atoms with Crippen molar-refractivity contribution in [2.75, 3.05) is 0 Å². The fraction of sp³-hybridized carbons (Fsp3) is 0.333. The van der Waals surface area contributed by atoms with E-state index in [1.165, 1.54) is 12.2 Å². The monoisotopic (exact) mass is 340 g/mol. The first-order valence-corrected chi connectivity index (χ1v) is 8.27. The van der Waals surface area contributed by atoms with Crippen LogP contribution >= 0.6 is 0 Å². The van der Waals surface area contributed by atoms with Crippen LogP contribution in [0.15, 0.2) is 46.9 Å². The predicted molar refractivity (Wildman–Crippen MR) is 97.5 cm³/mol. The Morgan fingerprint density at radius 2 is 1.72 bits per heavy atom. The molecule has 1 atom stereocenters. The number of hydrogen-bond acceptors (Lipinski definition) is 4. The molecule has 2 rings (SSSR count). The van der Waals surface area contributed by atoms with Gasteiger partial charge in [-0.05, 0) is 43.0 Å². The molecule has 0 N–H and O–H groups in total. The number of carbonyl (C=O) groups is 2. The van der Waals surface area contributed by atoms with Crippen LogP contribution in [0.5, 0.6) is 0 Å². The van der Waals surface area contributed by atoms with E-state index < -0.39 is 12.1 Å². The van der Waals surface area contributed by atoms with Crippen LogP contribution < -0.4 is 0 Å². The lowest BCUT2D eigenvalue weighted by Crippen LogP contribution is -2.23. The third-order valence-corrected chi connectivity index (χ3v) is 3.84. The number of ether oxygens (including phenoxy) is 1. The largest absolute Gasteiger partial charge is 0.462 e. The summed E-state index contributed by atoms with van der Waals surface area (Å²) in [6.45, 7) is 9.73. The number of furan rings is 1. The van der Waals surface area contributed by atoms with Gasteiger partial charge in [0.15, 0.2) is 6.10 Å². The summed E-state index contributed by atoms with van der Waals surface area (Å²) in [4.78, 5) is 24.3. The Kier molecular flexibility index (Phi) is 5.62. The van der Waals surface area contributed by atoms with E-state index in [2.05, 4.69) is 20.8 Å². The maximum Gasteiger partial charge on any atom is 0.331 e. The lowest BCUT2D eigenvalue weighted by Gasteiger charge is -2.19. The molecular formula is C21H24O4. The van der Waals surface area contributed by atoms with Crippen LogP contribution in [-0.2, 0) is 14.9 Å². The Labute approximate surface area is 148 Å². The van der Waals surface area contributed by atoms with Crippen LogP contribution in [0, 0.1) is 6.92 Å². The van der Waals surface area contributed by atoms with E-state index in [0.717, 1.165) is 11.3 Å². The van der Waals surface area contributed by atoms with Gasteiger partial charge < -0.3 is 9.15 Å². The number of carbonyl (C=O) groups excluding carboxylic acids is 2. The first-order valence-electron chi connectivity index (χ1n) is 8.27. The van der Waals surface area contributed by atoms with Gasteiger partial charge >= 0.3 is 5.97 Å². The summed E-state index contributed by atoms with van der Waals surface area (Å²) < 4.78 is 10.5. The molecule has 0 bridgehead atoms. The number of hydrogen-bond donors (Lipinski definition) is 0. The first kappa shape index (κ1) is 18.7. The SMILES string of the molecule is Cc1ccc(/C=C/C(=O)O[C@@H](C)C(=O)c2ccc(C(C)(C)C)cc2)o1. The van der Waals surface area contributed by atoms with Crippen molar-refractivity contribution >= 4 is 17.8 Å². The lowest BCUT2D eigenvalue weighted by atomic mass is 9.86. The summed E-state index contributed by atoms with van der Waals surface area (Å²) in [6.07, 6.45) is 1.92. The van der Waals surface area contributed by atoms with E-state index in [1.807, 2.05) is 19.1 Å². The molecular weight excluding hydrogens is 316 g/mol. The molecule has 0 saturated carbocycles. The number of aryl methyl sites for hydroxylation is 1. The predicted octanol–water partition coefficient (Wildman–Crippen LogP) is 4.71. The second-order valence-corrected chi connectivity index (χ2v) is 7.05. The average Bonchev–Trinajstić information content (AvgIpc) is 2.97.